The van der Waals surface area contributed by atoms with Crippen LogP contribution in [-0.4, -0.2) is 39.9 Å². The van der Waals surface area contributed by atoms with Gasteiger partial charge in [-0.15, -0.1) is 0 Å². The Morgan fingerprint density at radius 3 is 1.04 bits per heavy atom. The molecule has 0 aliphatic rings. The van der Waals surface area contributed by atoms with Crippen LogP contribution in [0.2, 0.25) is 0 Å². The smallest absolute Gasteiger partial charge is 0.160 e. The van der Waals surface area contributed by atoms with Crippen LogP contribution in [0.1, 0.15) is 5.56 Å². The van der Waals surface area contributed by atoms with Gasteiger partial charge in [-0.2, -0.15) is 0 Å². The van der Waals surface area contributed by atoms with Gasteiger partial charge in [0.25, 0.3) is 0 Å². The van der Waals surface area contributed by atoms with Gasteiger partial charge in [-0.1, -0.05) is 61.2 Å². The molecule has 0 aliphatic heterocycles. The number of hydrogen-bond donors (Lipinski definition) is 0. The lowest BCUT2D eigenvalue weighted by molar-refractivity contribution is 1.17. The fourth-order valence-electron chi connectivity index (χ4n) is 5.58. The minimum Gasteiger partial charge on any atom is -0.255 e. The molecule has 0 fully saturated rings. The maximum absolute atomic E-state index is 5.14. The third-order valence-electron chi connectivity index (χ3n) is 8.08. The molecule has 8 aromatic rings. The Hall–Kier alpha value is -7.06. The molecule has 7 aromatic heterocycles. The van der Waals surface area contributed by atoms with Crippen LogP contribution in [0.15, 0.2) is 159 Å². The summed E-state index contributed by atoms with van der Waals surface area (Å²) in [6.45, 7) is 3.91. The van der Waals surface area contributed by atoms with Gasteiger partial charge in [0.15, 0.2) is 5.82 Å². The van der Waals surface area contributed by atoms with Crippen molar-refractivity contribution in [3.8, 4) is 79.5 Å². The first kappa shape index (κ1) is 30.3. The lowest BCUT2D eigenvalue weighted by Gasteiger charge is -2.13. The van der Waals surface area contributed by atoms with E-state index in [2.05, 4.69) is 26.5 Å². The van der Waals surface area contributed by atoms with Crippen molar-refractivity contribution in [3.63, 3.8) is 0 Å². The highest BCUT2D eigenvalue weighted by Gasteiger charge is 2.17. The van der Waals surface area contributed by atoms with Crippen molar-refractivity contribution in [2.45, 2.75) is 0 Å². The molecule has 0 saturated heterocycles. The highest BCUT2D eigenvalue weighted by Crippen LogP contribution is 2.34. The van der Waals surface area contributed by atoms with Crippen LogP contribution in [-0.2, 0) is 0 Å². The van der Waals surface area contributed by atoms with Gasteiger partial charge in [-0.3, -0.25) is 19.9 Å². The zero-order valence-corrected chi connectivity index (χ0v) is 26.8. The van der Waals surface area contributed by atoms with Crippen LogP contribution in [0, 0.1) is 0 Å². The Morgan fingerprint density at radius 1 is 0.340 bits per heavy atom. The van der Waals surface area contributed by atoms with E-state index in [-0.39, 0.29) is 0 Å². The van der Waals surface area contributed by atoms with Crippen LogP contribution in [0.3, 0.4) is 0 Å². The van der Waals surface area contributed by atoms with Crippen LogP contribution in [0.4, 0.5) is 0 Å². The predicted molar refractivity (Wildman–Crippen MR) is 197 cm³/mol. The molecule has 236 valence electrons. The van der Waals surface area contributed by atoms with E-state index in [1.165, 1.54) is 0 Å². The predicted octanol–water partition coefficient (Wildman–Crippen LogP) is 9.16. The molecule has 8 nitrogen and oxygen atoms in total. The second kappa shape index (κ2) is 13.6. The third kappa shape index (κ3) is 6.41. The van der Waals surface area contributed by atoms with Gasteiger partial charge in [-0.25, -0.2) is 19.9 Å². The van der Waals surface area contributed by atoms with Crippen LogP contribution >= 0.6 is 0 Å². The first-order valence-corrected chi connectivity index (χ1v) is 16.0. The minimum atomic E-state index is 0.569. The molecule has 0 amide bonds. The topological polar surface area (TPSA) is 103 Å². The fourth-order valence-corrected chi connectivity index (χ4v) is 5.58. The number of nitrogens with zero attached hydrogens (tertiary/aromatic N) is 8. The van der Waals surface area contributed by atoms with Crippen molar-refractivity contribution in [1.29, 1.82) is 0 Å². The summed E-state index contributed by atoms with van der Waals surface area (Å²) in [5.41, 5.74) is 10.8. The van der Waals surface area contributed by atoms with E-state index in [4.69, 9.17) is 19.9 Å². The molecular formula is C42H28N8. The quantitative estimate of drug-likeness (QED) is 0.161. The molecule has 0 spiro atoms. The van der Waals surface area contributed by atoms with E-state index in [0.29, 0.717) is 40.0 Å². The van der Waals surface area contributed by atoms with Crippen molar-refractivity contribution in [2.75, 3.05) is 0 Å². The van der Waals surface area contributed by atoms with Crippen LogP contribution in [0.5, 0.6) is 0 Å². The maximum Gasteiger partial charge on any atom is 0.160 e. The second-order valence-electron chi connectivity index (χ2n) is 11.4. The first-order chi connectivity index (χ1) is 24.7. The molecule has 0 N–H and O–H groups in total. The van der Waals surface area contributed by atoms with Gasteiger partial charge in [0.2, 0.25) is 0 Å². The molecule has 8 heteroatoms. The molecular weight excluding hydrogens is 617 g/mol. The van der Waals surface area contributed by atoms with Gasteiger partial charge in [0.05, 0.1) is 56.9 Å². The number of rotatable bonds is 8. The monoisotopic (exact) mass is 644 g/mol. The Labute approximate surface area is 289 Å². The highest BCUT2D eigenvalue weighted by atomic mass is 14.9. The SMILES string of the molecule is C=Cc1ccc(-c2nc(-c3cc(-c4ccccn4)nc(-c4ccccn4)c3)cc(-c3cc(-c4ccccn4)nc(-c4ccccn4)c3)n2)cc1. The molecule has 0 aliphatic carbocycles. The molecule has 0 bridgehead atoms. The molecule has 0 radical (unpaired) electrons. The van der Waals surface area contributed by atoms with Gasteiger partial charge in [0.1, 0.15) is 0 Å². The lowest BCUT2D eigenvalue weighted by atomic mass is 10.0. The fraction of sp³-hybridized carbons (Fsp3) is 0. The zero-order valence-electron chi connectivity index (χ0n) is 26.8. The molecule has 50 heavy (non-hydrogen) atoms. The maximum atomic E-state index is 5.14. The van der Waals surface area contributed by atoms with E-state index >= 15 is 0 Å². The van der Waals surface area contributed by atoms with Crippen LogP contribution < -0.4 is 0 Å². The molecule has 0 unspecified atom stereocenters. The van der Waals surface area contributed by atoms with E-state index in [1.807, 2.05) is 133 Å². The molecule has 7 heterocycles. The standard InChI is InChI=1S/C42H28N8/c1-2-28-15-17-29(18-16-28)42-49-36(30-23-38(32-11-3-7-19-43-32)47-39(24-30)33-12-4-8-20-44-33)27-37(50-42)31-25-40(34-13-5-9-21-45-34)48-41(26-31)35-14-6-10-22-46-35/h2-27H,1H2. The van der Waals surface area contributed by atoms with Gasteiger partial charge >= 0.3 is 0 Å². The Morgan fingerprint density at radius 2 is 0.720 bits per heavy atom. The molecule has 1 aromatic carbocycles. The van der Waals surface area contributed by atoms with Crippen molar-refractivity contribution in [3.05, 3.63) is 164 Å². The number of hydrogen-bond acceptors (Lipinski definition) is 8. The number of aromatic nitrogens is 8. The zero-order chi connectivity index (χ0) is 33.7. The van der Waals surface area contributed by atoms with E-state index in [1.54, 1.807) is 24.8 Å². The summed E-state index contributed by atoms with van der Waals surface area (Å²) in [5, 5.41) is 0. The van der Waals surface area contributed by atoms with E-state index < -0.39 is 0 Å². The minimum absolute atomic E-state index is 0.569. The summed E-state index contributed by atoms with van der Waals surface area (Å²) >= 11 is 0. The number of pyridine rings is 6. The molecule has 8 rings (SSSR count). The average Bonchev–Trinajstić information content (AvgIpc) is 3.21. The summed E-state index contributed by atoms with van der Waals surface area (Å²) in [6, 6.07) is 41.2. The summed E-state index contributed by atoms with van der Waals surface area (Å²) in [6.07, 6.45) is 8.87. The van der Waals surface area contributed by atoms with E-state index in [9.17, 15) is 0 Å². The van der Waals surface area contributed by atoms with Crippen LogP contribution in [0.25, 0.3) is 85.5 Å². The Balaban J connectivity index is 1.37. The van der Waals surface area contributed by atoms with Crippen molar-refractivity contribution >= 4 is 6.08 Å². The third-order valence-corrected chi connectivity index (χ3v) is 8.08. The summed E-state index contributed by atoms with van der Waals surface area (Å²) in [4.78, 5) is 38.6. The average molecular weight is 645 g/mol. The van der Waals surface area contributed by atoms with Gasteiger partial charge in [0, 0.05) is 41.5 Å². The molecule has 0 saturated carbocycles. The van der Waals surface area contributed by atoms with Gasteiger partial charge < -0.3 is 0 Å². The summed E-state index contributed by atoms with van der Waals surface area (Å²) in [7, 11) is 0. The summed E-state index contributed by atoms with van der Waals surface area (Å²) in [5.74, 6) is 0.569. The largest absolute Gasteiger partial charge is 0.255 e. The normalized spacial score (nSPS) is 10.9. The lowest BCUT2D eigenvalue weighted by Crippen LogP contribution is -1.99. The van der Waals surface area contributed by atoms with E-state index in [0.717, 1.165) is 45.0 Å². The molecule has 0 atom stereocenters. The van der Waals surface area contributed by atoms with Crippen molar-refractivity contribution < 1.29 is 0 Å². The van der Waals surface area contributed by atoms with Crippen molar-refractivity contribution in [2.24, 2.45) is 0 Å². The number of benzene rings is 1. The van der Waals surface area contributed by atoms with Gasteiger partial charge in [-0.05, 0) is 84.4 Å². The summed E-state index contributed by atoms with van der Waals surface area (Å²) < 4.78 is 0. The Bertz CT molecular complexity index is 2160. The van der Waals surface area contributed by atoms with Crippen molar-refractivity contribution in [1.82, 2.24) is 39.9 Å². The highest BCUT2D eigenvalue weighted by molar-refractivity contribution is 5.79. The Kier molecular flexibility index (Phi) is 8.23. The first-order valence-electron chi connectivity index (χ1n) is 16.0. The second-order valence-corrected chi connectivity index (χ2v) is 11.4.